The van der Waals surface area contributed by atoms with E-state index >= 15 is 0 Å². The SMILES string of the molecule is O=Cc1ncc[nH]1.c1cnc2c(c1)ccc1cccnc12. The molecule has 5 nitrogen and oxygen atoms in total. The van der Waals surface area contributed by atoms with Crippen molar-refractivity contribution in [2.75, 3.05) is 0 Å². The van der Waals surface area contributed by atoms with Gasteiger partial charge >= 0.3 is 0 Å². The number of fused-ring (bicyclic) bond motifs is 3. The lowest BCUT2D eigenvalue weighted by molar-refractivity contribution is 0.111. The van der Waals surface area contributed by atoms with Gasteiger partial charge in [-0.05, 0) is 12.1 Å². The number of rotatable bonds is 1. The Kier molecular flexibility index (Phi) is 3.64. The zero-order valence-corrected chi connectivity index (χ0v) is 11.1. The van der Waals surface area contributed by atoms with Crippen LogP contribution in [-0.4, -0.2) is 26.2 Å². The molecule has 21 heavy (non-hydrogen) atoms. The maximum atomic E-state index is 9.77. The Morgan fingerprint density at radius 2 is 1.43 bits per heavy atom. The normalized spacial score (nSPS) is 10.1. The molecule has 102 valence electrons. The lowest BCUT2D eigenvalue weighted by Crippen LogP contribution is -1.83. The third-order valence-electron chi connectivity index (χ3n) is 2.98. The summed E-state index contributed by atoms with van der Waals surface area (Å²) in [6.07, 6.45) is 7.40. The van der Waals surface area contributed by atoms with Gasteiger partial charge in [-0.2, -0.15) is 0 Å². The number of benzene rings is 1. The Balaban J connectivity index is 0.000000160. The first-order valence-electron chi connectivity index (χ1n) is 6.41. The molecule has 0 aliphatic carbocycles. The van der Waals surface area contributed by atoms with Crippen LogP contribution >= 0.6 is 0 Å². The van der Waals surface area contributed by atoms with E-state index in [0.29, 0.717) is 12.1 Å². The number of H-pyrrole nitrogens is 1. The Bertz CT molecular complexity index is 817. The van der Waals surface area contributed by atoms with E-state index in [1.165, 1.54) is 6.20 Å². The highest BCUT2D eigenvalue weighted by Crippen LogP contribution is 2.20. The summed E-state index contributed by atoms with van der Waals surface area (Å²) < 4.78 is 0. The summed E-state index contributed by atoms with van der Waals surface area (Å²) in [5.41, 5.74) is 1.95. The highest BCUT2D eigenvalue weighted by atomic mass is 16.1. The van der Waals surface area contributed by atoms with E-state index in [2.05, 4.69) is 44.2 Å². The molecule has 5 heteroatoms. The van der Waals surface area contributed by atoms with Gasteiger partial charge in [-0.25, -0.2) is 4.98 Å². The van der Waals surface area contributed by atoms with Crippen molar-refractivity contribution in [3.63, 3.8) is 0 Å². The predicted octanol–water partition coefficient (Wildman–Crippen LogP) is 3.01. The van der Waals surface area contributed by atoms with Gasteiger partial charge in [0.1, 0.15) is 0 Å². The van der Waals surface area contributed by atoms with Crippen LogP contribution in [0.4, 0.5) is 0 Å². The number of nitrogens with zero attached hydrogens (tertiary/aromatic N) is 3. The fourth-order valence-corrected chi connectivity index (χ4v) is 2.02. The van der Waals surface area contributed by atoms with Crippen LogP contribution in [-0.2, 0) is 0 Å². The molecule has 4 aromatic rings. The number of carbonyl (C=O) groups is 1. The molecule has 0 bridgehead atoms. The quantitative estimate of drug-likeness (QED) is 0.428. The van der Waals surface area contributed by atoms with Crippen LogP contribution in [0.25, 0.3) is 21.8 Å². The second-order valence-corrected chi connectivity index (χ2v) is 4.31. The van der Waals surface area contributed by atoms with E-state index in [1.54, 1.807) is 18.6 Å². The van der Waals surface area contributed by atoms with Crippen LogP contribution in [0.1, 0.15) is 10.6 Å². The van der Waals surface area contributed by atoms with Gasteiger partial charge in [-0.3, -0.25) is 14.8 Å². The topological polar surface area (TPSA) is 71.5 Å². The molecule has 0 saturated carbocycles. The van der Waals surface area contributed by atoms with E-state index in [1.807, 2.05) is 12.1 Å². The van der Waals surface area contributed by atoms with E-state index in [9.17, 15) is 4.79 Å². The van der Waals surface area contributed by atoms with Gasteiger partial charge in [0.25, 0.3) is 0 Å². The van der Waals surface area contributed by atoms with Crippen molar-refractivity contribution in [1.29, 1.82) is 0 Å². The molecule has 0 aliphatic heterocycles. The standard InChI is InChI=1S/C12H8N2.C4H4N2O/c1-3-9-5-6-10-4-2-8-14-12(10)11(9)13-7-1;7-3-4-5-1-2-6-4/h1-8H;1-3H,(H,5,6). The van der Waals surface area contributed by atoms with Gasteiger partial charge in [0.05, 0.1) is 11.0 Å². The smallest absolute Gasteiger partial charge is 0.185 e. The van der Waals surface area contributed by atoms with Crippen LogP contribution in [0, 0.1) is 0 Å². The van der Waals surface area contributed by atoms with Crippen molar-refractivity contribution in [3.8, 4) is 0 Å². The molecule has 0 aliphatic rings. The lowest BCUT2D eigenvalue weighted by Gasteiger charge is -2.00. The third-order valence-corrected chi connectivity index (χ3v) is 2.98. The second-order valence-electron chi connectivity index (χ2n) is 4.31. The fraction of sp³-hybridized carbons (Fsp3) is 0. The molecular weight excluding hydrogens is 264 g/mol. The summed E-state index contributed by atoms with van der Waals surface area (Å²) in [6, 6.07) is 12.1. The van der Waals surface area contributed by atoms with Crippen molar-refractivity contribution in [2.24, 2.45) is 0 Å². The number of hydrogen-bond acceptors (Lipinski definition) is 4. The molecule has 1 aromatic carbocycles. The highest BCUT2D eigenvalue weighted by molar-refractivity contribution is 6.02. The summed E-state index contributed by atoms with van der Waals surface area (Å²) in [5.74, 6) is 0.375. The summed E-state index contributed by atoms with van der Waals surface area (Å²) in [4.78, 5) is 24.7. The lowest BCUT2D eigenvalue weighted by atomic mass is 10.1. The van der Waals surface area contributed by atoms with Gasteiger partial charge in [0.2, 0.25) is 0 Å². The van der Waals surface area contributed by atoms with Crippen molar-refractivity contribution < 1.29 is 4.79 Å². The van der Waals surface area contributed by atoms with Crippen molar-refractivity contribution in [2.45, 2.75) is 0 Å². The number of aromatic amines is 1. The number of aromatic nitrogens is 4. The molecule has 0 atom stereocenters. The molecule has 0 radical (unpaired) electrons. The van der Waals surface area contributed by atoms with Gasteiger partial charge in [0, 0.05) is 35.6 Å². The molecule has 0 amide bonds. The minimum Gasteiger partial charge on any atom is -0.342 e. The zero-order valence-electron chi connectivity index (χ0n) is 11.1. The van der Waals surface area contributed by atoms with Crippen molar-refractivity contribution in [1.82, 2.24) is 19.9 Å². The van der Waals surface area contributed by atoms with Crippen LogP contribution in [0.2, 0.25) is 0 Å². The van der Waals surface area contributed by atoms with Crippen LogP contribution in [0.15, 0.2) is 61.2 Å². The maximum Gasteiger partial charge on any atom is 0.185 e. The van der Waals surface area contributed by atoms with E-state index in [4.69, 9.17) is 0 Å². The molecular formula is C16H12N4O. The zero-order chi connectivity index (χ0) is 14.5. The minimum absolute atomic E-state index is 0.375. The van der Waals surface area contributed by atoms with Gasteiger partial charge < -0.3 is 4.98 Å². The average molecular weight is 276 g/mol. The molecule has 3 aromatic heterocycles. The number of nitrogens with one attached hydrogen (secondary N) is 1. The van der Waals surface area contributed by atoms with E-state index in [-0.39, 0.29) is 0 Å². The second kappa shape index (κ2) is 5.92. The minimum atomic E-state index is 0.375. The van der Waals surface area contributed by atoms with Gasteiger partial charge in [-0.15, -0.1) is 0 Å². The Morgan fingerprint density at radius 1 is 0.810 bits per heavy atom. The van der Waals surface area contributed by atoms with Gasteiger partial charge in [-0.1, -0.05) is 24.3 Å². The first-order chi connectivity index (χ1) is 10.4. The number of aldehydes is 1. The maximum absolute atomic E-state index is 9.77. The number of pyridine rings is 2. The first kappa shape index (κ1) is 12.9. The highest BCUT2D eigenvalue weighted by Gasteiger charge is 2.00. The molecule has 0 saturated heterocycles. The third kappa shape index (κ3) is 2.76. The predicted molar refractivity (Wildman–Crippen MR) is 81.0 cm³/mol. The summed E-state index contributed by atoms with van der Waals surface area (Å²) in [7, 11) is 0. The summed E-state index contributed by atoms with van der Waals surface area (Å²) in [6.45, 7) is 0. The first-order valence-corrected chi connectivity index (χ1v) is 6.41. The molecule has 1 N–H and O–H groups in total. The molecule has 0 spiro atoms. The van der Waals surface area contributed by atoms with E-state index in [0.717, 1.165) is 21.8 Å². The summed E-state index contributed by atoms with van der Waals surface area (Å²) >= 11 is 0. The van der Waals surface area contributed by atoms with Crippen LogP contribution in [0.3, 0.4) is 0 Å². The number of hydrogen-bond donors (Lipinski definition) is 1. The van der Waals surface area contributed by atoms with E-state index < -0.39 is 0 Å². The summed E-state index contributed by atoms with van der Waals surface area (Å²) in [5, 5.41) is 2.28. The van der Waals surface area contributed by atoms with Gasteiger partial charge in [0.15, 0.2) is 12.1 Å². The van der Waals surface area contributed by atoms with Crippen LogP contribution in [0.5, 0.6) is 0 Å². The molecule has 0 fully saturated rings. The Hall–Kier alpha value is -3.08. The Labute approximate surface area is 120 Å². The molecule has 4 rings (SSSR count). The van der Waals surface area contributed by atoms with Crippen molar-refractivity contribution in [3.05, 3.63) is 67.0 Å². The molecule has 0 unspecified atom stereocenters. The Morgan fingerprint density at radius 3 is 1.86 bits per heavy atom. The van der Waals surface area contributed by atoms with Crippen molar-refractivity contribution >= 4 is 28.1 Å². The monoisotopic (exact) mass is 276 g/mol. The number of imidazole rings is 1. The fourth-order valence-electron chi connectivity index (χ4n) is 2.02. The average Bonchev–Trinajstić information content (AvgIpc) is 3.09. The van der Waals surface area contributed by atoms with Crippen LogP contribution < -0.4 is 0 Å². The molecule has 3 heterocycles. The number of carbonyl (C=O) groups excluding carboxylic acids is 1. The largest absolute Gasteiger partial charge is 0.342 e.